The van der Waals surface area contributed by atoms with Crippen molar-refractivity contribution < 1.29 is 22.7 Å². The summed E-state index contributed by atoms with van der Waals surface area (Å²) in [7, 11) is -3.68. The Hall–Kier alpha value is -3.91. The molecule has 0 atom stereocenters. The summed E-state index contributed by atoms with van der Waals surface area (Å²) in [4.78, 5) is 24.3. The number of ether oxygens (including phenoxy) is 1. The van der Waals surface area contributed by atoms with Crippen LogP contribution in [0, 0.1) is 0 Å². The van der Waals surface area contributed by atoms with Gasteiger partial charge >= 0.3 is 5.97 Å². The van der Waals surface area contributed by atoms with Crippen LogP contribution in [0.1, 0.15) is 23.6 Å². The fourth-order valence-electron chi connectivity index (χ4n) is 3.92. The van der Waals surface area contributed by atoms with Crippen molar-refractivity contribution in [3.05, 3.63) is 95.6 Å². The van der Waals surface area contributed by atoms with E-state index in [0.717, 1.165) is 17.5 Å². The van der Waals surface area contributed by atoms with E-state index < -0.39 is 28.5 Å². The topological polar surface area (TPSA) is 92.8 Å². The lowest BCUT2D eigenvalue weighted by Gasteiger charge is -2.19. The molecule has 0 bridgehead atoms. The van der Waals surface area contributed by atoms with Gasteiger partial charge in [-0.3, -0.25) is 9.10 Å². The first-order chi connectivity index (χ1) is 16.9. The van der Waals surface area contributed by atoms with E-state index in [4.69, 9.17) is 4.74 Å². The van der Waals surface area contributed by atoms with Gasteiger partial charge in [-0.1, -0.05) is 55.5 Å². The maximum Gasteiger partial charge on any atom is 0.331 e. The van der Waals surface area contributed by atoms with Gasteiger partial charge in [0.1, 0.15) is 0 Å². The van der Waals surface area contributed by atoms with Crippen LogP contribution in [-0.2, 0) is 37.2 Å². The number of hydrogen-bond acceptors (Lipinski definition) is 5. The third-order valence-electron chi connectivity index (χ3n) is 5.74. The summed E-state index contributed by atoms with van der Waals surface area (Å²) in [6.07, 6.45) is 4.16. The molecule has 3 aromatic carbocycles. The number of nitrogens with zero attached hydrogens (tertiary/aromatic N) is 1. The van der Waals surface area contributed by atoms with Crippen molar-refractivity contribution in [2.24, 2.45) is 0 Å². The number of aryl methyl sites for hydroxylation is 1. The fourth-order valence-corrected chi connectivity index (χ4v) is 5.42. The van der Waals surface area contributed by atoms with Crippen molar-refractivity contribution in [3.63, 3.8) is 0 Å². The van der Waals surface area contributed by atoms with E-state index in [1.54, 1.807) is 18.2 Å². The van der Waals surface area contributed by atoms with Crippen LogP contribution < -0.4 is 9.62 Å². The second kappa shape index (κ2) is 10.6. The van der Waals surface area contributed by atoms with Gasteiger partial charge in [0.2, 0.25) is 0 Å². The number of carbonyl (C=O) groups excluding carboxylic acids is 2. The standard InChI is InChI=1S/C27H26N2O5S/c1-2-21-7-3-5-9-24(21)28-26(30)19-34-27(31)16-13-20-11-14-23(15-12-20)35(32,33)29-18-17-22-8-4-6-10-25(22)29/h3-16H,2,17-19H2,1H3,(H,28,30)/b16-13+. The van der Waals surface area contributed by atoms with Crippen LogP contribution in [0.15, 0.2) is 83.8 Å². The minimum absolute atomic E-state index is 0.179. The molecular weight excluding hydrogens is 464 g/mol. The summed E-state index contributed by atoms with van der Waals surface area (Å²) in [6.45, 7) is 1.99. The number of esters is 1. The lowest BCUT2D eigenvalue weighted by Crippen LogP contribution is -2.29. The van der Waals surface area contributed by atoms with E-state index in [1.807, 2.05) is 49.4 Å². The number of amides is 1. The van der Waals surface area contributed by atoms with Gasteiger partial charge in [0.05, 0.1) is 10.6 Å². The number of para-hydroxylation sites is 2. The molecule has 8 heteroatoms. The van der Waals surface area contributed by atoms with E-state index in [9.17, 15) is 18.0 Å². The van der Waals surface area contributed by atoms with Gasteiger partial charge in [0.15, 0.2) is 6.61 Å². The van der Waals surface area contributed by atoms with Crippen LogP contribution in [0.25, 0.3) is 6.08 Å². The molecule has 0 aliphatic carbocycles. The van der Waals surface area contributed by atoms with Crippen LogP contribution in [0.3, 0.4) is 0 Å². The molecule has 4 rings (SSSR count). The predicted molar refractivity (Wildman–Crippen MR) is 136 cm³/mol. The van der Waals surface area contributed by atoms with Gasteiger partial charge < -0.3 is 10.1 Å². The molecule has 180 valence electrons. The summed E-state index contributed by atoms with van der Waals surface area (Å²) in [5.41, 5.74) is 4.04. The molecule has 0 saturated heterocycles. The largest absolute Gasteiger partial charge is 0.452 e. The number of anilines is 2. The highest BCUT2D eigenvalue weighted by molar-refractivity contribution is 7.92. The highest BCUT2D eigenvalue weighted by Crippen LogP contribution is 2.32. The number of sulfonamides is 1. The number of hydrogen-bond donors (Lipinski definition) is 1. The second-order valence-electron chi connectivity index (χ2n) is 8.02. The summed E-state index contributed by atoms with van der Waals surface area (Å²) in [5, 5.41) is 2.74. The first kappa shape index (κ1) is 24.2. The van der Waals surface area contributed by atoms with E-state index in [-0.39, 0.29) is 4.90 Å². The van der Waals surface area contributed by atoms with Crippen LogP contribution in [0.4, 0.5) is 11.4 Å². The molecule has 0 saturated carbocycles. The minimum atomic E-state index is -3.68. The average Bonchev–Trinajstić information content (AvgIpc) is 3.32. The van der Waals surface area contributed by atoms with Gasteiger partial charge in [-0.15, -0.1) is 0 Å². The normalized spacial score (nSPS) is 13.0. The van der Waals surface area contributed by atoms with Crippen molar-refractivity contribution in [2.75, 3.05) is 22.8 Å². The maximum atomic E-state index is 13.1. The molecule has 0 fully saturated rings. The molecule has 3 aromatic rings. The van der Waals surface area contributed by atoms with E-state index in [2.05, 4.69) is 5.32 Å². The molecule has 0 unspecified atom stereocenters. The Labute approximate surface area is 205 Å². The molecule has 7 nitrogen and oxygen atoms in total. The Balaban J connectivity index is 1.33. The van der Waals surface area contributed by atoms with Gasteiger partial charge in [-0.25, -0.2) is 13.2 Å². The molecule has 1 N–H and O–H groups in total. The Kier molecular flexibility index (Phi) is 7.31. The Morgan fingerprint density at radius 3 is 2.49 bits per heavy atom. The molecule has 1 heterocycles. The van der Waals surface area contributed by atoms with Crippen LogP contribution in [0.5, 0.6) is 0 Å². The molecule has 1 amide bonds. The summed E-state index contributed by atoms with van der Waals surface area (Å²) < 4.78 is 32.6. The zero-order chi connectivity index (χ0) is 24.8. The molecule has 0 spiro atoms. The predicted octanol–water partition coefficient (Wildman–Crippen LogP) is 4.20. The quantitative estimate of drug-likeness (QED) is 0.377. The first-order valence-electron chi connectivity index (χ1n) is 11.3. The van der Waals surface area contributed by atoms with Crippen LogP contribution >= 0.6 is 0 Å². The number of nitrogens with one attached hydrogen (secondary N) is 1. The van der Waals surface area contributed by atoms with E-state index in [1.165, 1.54) is 28.6 Å². The highest BCUT2D eigenvalue weighted by atomic mass is 32.2. The van der Waals surface area contributed by atoms with Crippen molar-refractivity contribution in [1.82, 2.24) is 0 Å². The third-order valence-corrected chi connectivity index (χ3v) is 7.57. The summed E-state index contributed by atoms with van der Waals surface area (Å²) >= 11 is 0. The SMILES string of the molecule is CCc1ccccc1NC(=O)COC(=O)/C=C/c1ccc(S(=O)(=O)N2CCc3ccccc32)cc1. The van der Waals surface area contributed by atoms with Gasteiger partial charge in [-0.2, -0.15) is 0 Å². The number of fused-ring (bicyclic) bond motifs is 1. The van der Waals surface area contributed by atoms with E-state index in [0.29, 0.717) is 29.9 Å². The van der Waals surface area contributed by atoms with Crippen molar-refractivity contribution in [2.45, 2.75) is 24.7 Å². The Morgan fingerprint density at radius 2 is 1.71 bits per heavy atom. The summed E-state index contributed by atoms with van der Waals surface area (Å²) in [5.74, 6) is -1.10. The van der Waals surface area contributed by atoms with Gasteiger partial charge in [-0.05, 0) is 59.9 Å². The molecule has 0 aromatic heterocycles. The van der Waals surface area contributed by atoms with Crippen LogP contribution in [0.2, 0.25) is 0 Å². The Bertz CT molecular complexity index is 1360. The second-order valence-corrected chi connectivity index (χ2v) is 9.89. The average molecular weight is 491 g/mol. The highest BCUT2D eigenvalue weighted by Gasteiger charge is 2.30. The van der Waals surface area contributed by atoms with Crippen LogP contribution in [-0.4, -0.2) is 33.4 Å². The third kappa shape index (κ3) is 5.60. The lowest BCUT2D eigenvalue weighted by molar-refractivity contribution is -0.142. The number of rotatable bonds is 8. The van der Waals surface area contributed by atoms with Crippen molar-refractivity contribution in [3.8, 4) is 0 Å². The monoisotopic (exact) mass is 490 g/mol. The number of carbonyl (C=O) groups is 2. The van der Waals surface area contributed by atoms with E-state index >= 15 is 0 Å². The minimum Gasteiger partial charge on any atom is -0.452 e. The molecule has 1 aliphatic heterocycles. The van der Waals surface area contributed by atoms with Crippen molar-refractivity contribution >= 4 is 39.4 Å². The molecule has 1 aliphatic rings. The number of benzene rings is 3. The lowest BCUT2D eigenvalue weighted by atomic mass is 10.1. The first-order valence-corrected chi connectivity index (χ1v) is 12.8. The molecule has 0 radical (unpaired) electrons. The fraction of sp³-hybridized carbons (Fsp3) is 0.185. The molecule has 35 heavy (non-hydrogen) atoms. The zero-order valence-electron chi connectivity index (χ0n) is 19.3. The van der Waals surface area contributed by atoms with Gasteiger partial charge in [0, 0.05) is 18.3 Å². The molecular formula is C27H26N2O5S. The Morgan fingerprint density at radius 1 is 1.00 bits per heavy atom. The maximum absolute atomic E-state index is 13.1. The van der Waals surface area contributed by atoms with Gasteiger partial charge in [0.25, 0.3) is 15.9 Å². The zero-order valence-corrected chi connectivity index (χ0v) is 20.1. The smallest absolute Gasteiger partial charge is 0.331 e. The summed E-state index contributed by atoms with van der Waals surface area (Å²) in [6, 6.07) is 21.2. The van der Waals surface area contributed by atoms with Crippen molar-refractivity contribution in [1.29, 1.82) is 0 Å².